The van der Waals surface area contributed by atoms with E-state index in [1.54, 1.807) is 0 Å². The van der Waals surface area contributed by atoms with Crippen molar-refractivity contribution < 1.29 is 141 Å². The van der Waals surface area contributed by atoms with E-state index in [-0.39, 0.29) is 37.9 Å². The maximum absolute atomic E-state index is 12.6. The number of carbonyl (C=O) groups is 1. The molecule has 0 radical (unpaired) electrons. The molecule has 0 aliphatic carbocycles. The summed E-state index contributed by atoms with van der Waals surface area (Å²) in [6.45, 7) is 7.94. The van der Waals surface area contributed by atoms with Gasteiger partial charge < -0.3 is 142 Å². The Morgan fingerprint density at radius 1 is 0.390 bits per heavy atom. The zero-order valence-electron chi connectivity index (χ0n) is 46.2. The molecule has 1 aromatic carbocycles. The molecule has 82 heavy (non-hydrogen) atoms. The molecule has 3 saturated heterocycles. The van der Waals surface area contributed by atoms with E-state index < -0.39 is 112 Å². The summed E-state index contributed by atoms with van der Waals surface area (Å²) in [4.78, 5) is 12.6. The summed E-state index contributed by atoms with van der Waals surface area (Å²) < 4.78 is 100. The van der Waals surface area contributed by atoms with Gasteiger partial charge in [0, 0.05) is 11.4 Å². The monoisotopic (exact) mass is 1210 g/mol. The Hall–Kier alpha value is -2.24. The quantitative estimate of drug-likeness (QED) is 0.0215. The van der Waals surface area contributed by atoms with Crippen molar-refractivity contribution in [3.8, 4) is 5.75 Å². The lowest BCUT2D eigenvalue weighted by atomic mass is 9.96. The number of nitrogens with one attached hydrogen (secondary N) is 1. The molecule has 0 bridgehead atoms. The van der Waals surface area contributed by atoms with Gasteiger partial charge in [0.2, 0.25) is 12.2 Å². The van der Waals surface area contributed by atoms with Crippen LogP contribution in [-0.2, 0) is 85.3 Å². The second-order valence-corrected chi connectivity index (χ2v) is 18.8. The van der Waals surface area contributed by atoms with Crippen molar-refractivity contribution in [2.45, 2.75) is 98.5 Å². The number of hydrogen-bond acceptors (Lipinski definition) is 30. The molecule has 3 aliphatic heterocycles. The minimum Gasteiger partial charge on any atom is -0.462 e. The SMILES string of the molecule is O=C(CCOCCOCCOCCOCCOCCOCCOCCOCCOCCOCCOCCOCCS)Nc1ccc(O[C@H]2OC(CO)[C@@H](O)[C@H](O)C2O[C@H]2OC(CO)[C@@H](O)[C@H](O)C2O[C@H]2OC(CO)[C@@H](O)[C@H](O)C2O)cc1. The fourth-order valence-corrected chi connectivity index (χ4v) is 7.95. The van der Waals surface area contributed by atoms with E-state index in [0.29, 0.717) is 150 Å². The van der Waals surface area contributed by atoms with Gasteiger partial charge in [-0.3, -0.25) is 4.79 Å². The van der Waals surface area contributed by atoms with Crippen LogP contribution in [0.4, 0.5) is 5.69 Å². The van der Waals surface area contributed by atoms with Gasteiger partial charge in [0.25, 0.3) is 0 Å². The highest BCUT2D eigenvalue weighted by atomic mass is 32.1. The minimum absolute atomic E-state index is 0.0292. The van der Waals surface area contributed by atoms with Crippen LogP contribution in [0.1, 0.15) is 6.42 Å². The number of hydrogen-bond donors (Lipinski definition) is 12. The number of aliphatic hydroxyl groups excluding tert-OH is 10. The van der Waals surface area contributed by atoms with Gasteiger partial charge in [-0.15, -0.1) is 0 Å². The molecule has 0 aromatic heterocycles. The van der Waals surface area contributed by atoms with Gasteiger partial charge in [-0.25, -0.2) is 0 Å². The Morgan fingerprint density at radius 3 is 1.06 bits per heavy atom. The molecule has 0 spiro atoms. The molecule has 3 aliphatic rings. The maximum atomic E-state index is 12.6. The first-order valence-electron chi connectivity index (χ1n) is 27.4. The fourth-order valence-electron chi connectivity index (χ4n) is 7.82. The first kappa shape index (κ1) is 72.2. The number of ether oxygens (including phenoxy) is 18. The molecule has 1 aromatic rings. The van der Waals surface area contributed by atoms with Gasteiger partial charge in [0.05, 0.1) is 185 Å². The molecule has 1 amide bonds. The first-order valence-corrected chi connectivity index (χ1v) is 28.0. The van der Waals surface area contributed by atoms with Crippen molar-refractivity contribution in [3.05, 3.63) is 24.3 Å². The van der Waals surface area contributed by atoms with Gasteiger partial charge in [-0.1, -0.05) is 0 Å². The van der Waals surface area contributed by atoms with E-state index in [0.717, 1.165) is 0 Å². The van der Waals surface area contributed by atoms with E-state index >= 15 is 0 Å². The van der Waals surface area contributed by atoms with E-state index in [9.17, 15) is 55.9 Å². The summed E-state index contributed by atoms with van der Waals surface area (Å²) in [6.07, 6.45) is -26.1. The zero-order valence-corrected chi connectivity index (χ0v) is 47.0. The molecule has 3 heterocycles. The van der Waals surface area contributed by atoms with Gasteiger partial charge in [-0.05, 0) is 24.3 Å². The number of benzene rings is 1. The summed E-state index contributed by atoms with van der Waals surface area (Å²) in [7, 11) is 0. The number of thiol groups is 1. The lowest BCUT2D eigenvalue weighted by Crippen LogP contribution is -2.67. The lowest BCUT2D eigenvalue weighted by molar-refractivity contribution is -0.389. The Labute approximate surface area is 482 Å². The summed E-state index contributed by atoms with van der Waals surface area (Å²) >= 11 is 4.07. The predicted molar refractivity (Wildman–Crippen MR) is 283 cm³/mol. The molecule has 11 N–H and O–H groups in total. The summed E-state index contributed by atoms with van der Waals surface area (Å²) in [6, 6.07) is 5.87. The standard InChI is InChI=1S/C51H89NO29S/c53-31-36-40(57)43(60)46(63)49(77-36)80-48-45(62)42(59)38(33-55)79-51(48)81-47-44(61)41(58)37(32-54)78-50(47)76-35-3-1-34(2-4-35)52-39(56)5-6-64-7-8-65-9-10-66-11-12-67-13-14-68-15-16-69-17-18-70-19-20-71-21-22-72-23-24-73-25-26-74-27-28-75-29-30-82/h1-4,36-38,40-51,53-55,57-63,82H,5-33H2,(H,52,56)/t36?,37?,38?,40-,41-,42-,43+,44+,45+,46?,47?,48?,49-,50+,51-/m1/s1. The second kappa shape index (κ2) is 44.2. The largest absolute Gasteiger partial charge is 0.462 e. The average molecular weight is 1210 g/mol. The molecule has 6 unspecified atom stereocenters. The van der Waals surface area contributed by atoms with Crippen molar-refractivity contribution in [3.63, 3.8) is 0 Å². The highest BCUT2D eigenvalue weighted by Gasteiger charge is 2.54. The number of anilines is 1. The van der Waals surface area contributed by atoms with Crippen LogP contribution in [0.3, 0.4) is 0 Å². The highest BCUT2D eigenvalue weighted by Crippen LogP contribution is 2.34. The van der Waals surface area contributed by atoms with Crippen LogP contribution >= 0.6 is 12.6 Å². The minimum atomic E-state index is -1.95. The molecular formula is C51H89NO29S. The van der Waals surface area contributed by atoms with Crippen molar-refractivity contribution >= 4 is 24.2 Å². The molecule has 478 valence electrons. The topological polar surface area (TPSA) is 398 Å². The van der Waals surface area contributed by atoms with Crippen LogP contribution in [0.5, 0.6) is 5.75 Å². The van der Waals surface area contributed by atoms with Gasteiger partial charge >= 0.3 is 0 Å². The average Bonchev–Trinajstić information content (AvgIpc) is 3.58. The molecule has 30 nitrogen and oxygen atoms in total. The number of rotatable bonds is 48. The van der Waals surface area contributed by atoms with Crippen molar-refractivity contribution in [2.75, 3.05) is 189 Å². The molecule has 0 saturated carbocycles. The maximum Gasteiger partial charge on any atom is 0.229 e. The lowest BCUT2D eigenvalue weighted by Gasteiger charge is -2.48. The van der Waals surface area contributed by atoms with Crippen LogP contribution < -0.4 is 10.1 Å². The van der Waals surface area contributed by atoms with Gasteiger partial charge in [0.1, 0.15) is 72.9 Å². The Bertz CT molecular complexity index is 1720. The van der Waals surface area contributed by atoms with E-state index in [1.807, 2.05) is 0 Å². The van der Waals surface area contributed by atoms with Crippen LogP contribution in [-0.4, -0.2) is 333 Å². The van der Waals surface area contributed by atoms with Crippen molar-refractivity contribution in [2.24, 2.45) is 0 Å². The second-order valence-electron chi connectivity index (χ2n) is 18.3. The molecule has 31 heteroatoms. The third kappa shape index (κ3) is 27.6. The van der Waals surface area contributed by atoms with Crippen molar-refractivity contribution in [1.29, 1.82) is 0 Å². The summed E-state index contributed by atoms with van der Waals surface area (Å²) in [5.41, 5.74) is 0.378. The normalized spacial score (nSPS) is 28.6. The van der Waals surface area contributed by atoms with Crippen LogP contribution in [0.15, 0.2) is 24.3 Å². The van der Waals surface area contributed by atoms with E-state index in [2.05, 4.69) is 17.9 Å². The van der Waals surface area contributed by atoms with E-state index in [4.69, 9.17) is 85.3 Å². The first-order chi connectivity index (χ1) is 39.9. The van der Waals surface area contributed by atoms with Crippen LogP contribution in [0.2, 0.25) is 0 Å². The number of amides is 1. The number of aliphatic hydroxyl groups is 10. The smallest absolute Gasteiger partial charge is 0.229 e. The summed E-state index contributed by atoms with van der Waals surface area (Å²) in [5.74, 6) is 0.437. The van der Waals surface area contributed by atoms with Crippen LogP contribution in [0.25, 0.3) is 0 Å². The predicted octanol–water partition coefficient (Wildman–Crippen LogP) is -5.03. The molecule has 15 atom stereocenters. The van der Waals surface area contributed by atoms with Crippen LogP contribution in [0, 0.1) is 0 Å². The third-order valence-corrected chi connectivity index (χ3v) is 12.5. The van der Waals surface area contributed by atoms with Gasteiger partial charge in [-0.2, -0.15) is 12.6 Å². The highest BCUT2D eigenvalue weighted by molar-refractivity contribution is 7.80. The molecule has 4 rings (SSSR count). The van der Waals surface area contributed by atoms with Crippen molar-refractivity contribution in [1.82, 2.24) is 0 Å². The summed E-state index contributed by atoms with van der Waals surface area (Å²) in [5, 5.41) is 107. The Balaban J connectivity index is 0.974. The van der Waals surface area contributed by atoms with E-state index in [1.165, 1.54) is 24.3 Å². The number of carbonyl (C=O) groups excluding carboxylic acids is 1. The Kier molecular flexibility index (Phi) is 39.0. The third-order valence-electron chi connectivity index (χ3n) is 12.3. The Morgan fingerprint density at radius 2 is 0.695 bits per heavy atom. The fraction of sp³-hybridized carbons (Fsp3) is 0.863. The molecular weight excluding hydrogens is 1120 g/mol. The van der Waals surface area contributed by atoms with Gasteiger partial charge in [0.15, 0.2) is 18.7 Å². The zero-order chi connectivity index (χ0) is 59.2. The molecule has 3 fully saturated rings.